The largest absolute Gasteiger partial charge is 0.496 e. The summed E-state index contributed by atoms with van der Waals surface area (Å²) in [4.78, 5) is 19.5. The Morgan fingerprint density at radius 2 is 2.04 bits per heavy atom. The molecule has 0 fully saturated rings. The lowest BCUT2D eigenvalue weighted by Gasteiger charge is -2.15. The SMILES string of the molecule is COc1ccc(CNC(=O)c2ccc3nc[nH]c3c2)c(OC)c1C. The predicted molar refractivity (Wildman–Crippen MR) is 91.5 cm³/mol. The van der Waals surface area contributed by atoms with Crippen LogP contribution in [0.25, 0.3) is 11.0 Å². The van der Waals surface area contributed by atoms with Crippen LogP contribution in [-0.2, 0) is 6.54 Å². The molecule has 0 aliphatic rings. The average molecular weight is 325 g/mol. The van der Waals surface area contributed by atoms with Gasteiger partial charge in [0.05, 0.1) is 31.6 Å². The molecule has 0 saturated carbocycles. The van der Waals surface area contributed by atoms with E-state index in [2.05, 4.69) is 15.3 Å². The van der Waals surface area contributed by atoms with Crippen molar-refractivity contribution in [2.75, 3.05) is 14.2 Å². The van der Waals surface area contributed by atoms with E-state index in [1.807, 2.05) is 25.1 Å². The van der Waals surface area contributed by atoms with Crippen LogP contribution in [0.5, 0.6) is 11.5 Å². The molecule has 3 aromatic rings. The number of imidazole rings is 1. The number of hydrogen-bond acceptors (Lipinski definition) is 4. The lowest BCUT2D eigenvalue weighted by atomic mass is 10.1. The summed E-state index contributed by atoms with van der Waals surface area (Å²) in [6, 6.07) is 9.13. The molecule has 0 aliphatic carbocycles. The third-order valence-electron chi connectivity index (χ3n) is 3.98. The number of ether oxygens (including phenoxy) is 2. The number of rotatable bonds is 5. The third kappa shape index (κ3) is 2.90. The van der Waals surface area contributed by atoms with Gasteiger partial charge in [-0.15, -0.1) is 0 Å². The van der Waals surface area contributed by atoms with Gasteiger partial charge < -0.3 is 19.8 Å². The zero-order valence-electron chi connectivity index (χ0n) is 13.8. The van der Waals surface area contributed by atoms with Crippen molar-refractivity contribution in [3.8, 4) is 11.5 Å². The fourth-order valence-corrected chi connectivity index (χ4v) is 2.73. The number of fused-ring (bicyclic) bond motifs is 1. The Morgan fingerprint density at radius 3 is 2.79 bits per heavy atom. The summed E-state index contributed by atoms with van der Waals surface area (Å²) < 4.78 is 10.8. The van der Waals surface area contributed by atoms with Gasteiger partial charge in [0.2, 0.25) is 0 Å². The van der Waals surface area contributed by atoms with Crippen LogP contribution in [0.15, 0.2) is 36.7 Å². The lowest BCUT2D eigenvalue weighted by Crippen LogP contribution is -2.23. The van der Waals surface area contributed by atoms with E-state index in [1.165, 1.54) is 0 Å². The molecule has 3 rings (SSSR count). The standard InChI is InChI=1S/C18H19N3O3/c1-11-16(23-2)7-5-13(17(11)24-3)9-19-18(22)12-4-6-14-15(8-12)21-10-20-14/h4-8,10H,9H2,1-3H3,(H,19,22)(H,20,21). The number of aromatic amines is 1. The van der Waals surface area contributed by atoms with Crippen LogP contribution in [0.4, 0.5) is 0 Å². The van der Waals surface area contributed by atoms with Crippen molar-refractivity contribution in [3.63, 3.8) is 0 Å². The predicted octanol–water partition coefficient (Wildman–Crippen LogP) is 2.82. The number of aromatic nitrogens is 2. The van der Waals surface area contributed by atoms with Gasteiger partial charge in [-0.1, -0.05) is 0 Å². The van der Waals surface area contributed by atoms with Crippen LogP contribution in [0.3, 0.4) is 0 Å². The summed E-state index contributed by atoms with van der Waals surface area (Å²) >= 11 is 0. The maximum absolute atomic E-state index is 12.4. The summed E-state index contributed by atoms with van der Waals surface area (Å²) in [5.74, 6) is 1.33. The van der Waals surface area contributed by atoms with Gasteiger partial charge in [-0.05, 0) is 37.3 Å². The highest BCUT2D eigenvalue weighted by Crippen LogP contribution is 2.31. The summed E-state index contributed by atoms with van der Waals surface area (Å²) in [5.41, 5.74) is 4.05. The Kier molecular flexibility index (Phi) is 4.37. The number of carbonyl (C=O) groups is 1. The van der Waals surface area contributed by atoms with Gasteiger partial charge in [0.1, 0.15) is 11.5 Å². The number of amides is 1. The molecule has 2 aromatic carbocycles. The summed E-state index contributed by atoms with van der Waals surface area (Å²) in [5, 5.41) is 2.92. The van der Waals surface area contributed by atoms with Gasteiger partial charge in [-0.2, -0.15) is 0 Å². The molecule has 6 nitrogen and oxygen atoms in total. The Morgan fingerprint density at radius 1 is 1.21 bits per heavy atom. The van der Waals surface area contributed by atoms with E-state index in [9.17, 15) is 4.79 Å². The molecule has 6 heteroatoms. The summed E-state index contributed by atoms with van der Waals surface area (Å²) in [6.07, 6.45) is 1.61. The first-order chi connectivity index (χ1) is 11.6. The second-order valence-electron chi connectivity index (χ2n) is 5.40. The van der Waals surface area contributed by atoms with Crippen molar-refractivity contribution in [3.05, 3.63) is 53.3 Å². The topological polar surface area (TPSA) is 76.2 Å². The maximum Gasteiger partial charge on any atom is 0.251 e. The number of nitrogens with one attached hydrogen (secondary N) is 2. The fraction of sp³-hybridized carbons (Fsp3) is 0.222. The van der Waals surface area contributed by atoms with Crippen LogP contribution < -0.4 is 14.8 Å². The number of benzene rings is 2. The van der Waals surface area contributed by atoms with Gasteiger partial charge in [-0.25, -0.2) is 4.98 Å². The molecule has 0 unspecified atom stereocenters. The first kappa shape index (κ1) is 15.9. The molecule has 0 spiro atoms. The molecule has 0 atom stereocenters. The molecule has 0 bridgehead atoms. The van der Waals surface area contributed by atoms with Crippen LogP contribution in [0.1, 0.15) is 21.5 Å². The van der Waals surface area contributed by atoms with Crippen molar-refractivity contribution < 1.29 is 14.3 Å². The molecule has 1 amide bonds. The monoisotopic (exact) mass is 325 g/mol. The summed E-state index contributed by atoms with van der Waals surface area (Å²) in [6.45, 7) is 2.29. The number of hydrogen-bond donors (Lipinski definition) is 2. The molecule has 2 N–H and O–H groups in total. The zero-order valence-corrected chi connectivity index (χ0v) is 13.8. The van der Waals surface area contributed by atoms with E-state index in [4.69, 9.17) is 9.47 Å². The Hall–Kier alpha value is -3.02. The molecule has 0 radical (unpaired) electrons. The highest BCUT2D eigenvalue weighted by atomic mass is 16.5. The molecule has 124 valence electrons. The Bertz CT molecular complexity index is 886. The van der Waals surface area contributed by atoms with Gasteiger partial charge in [-0.3, -0.25) is 4.79 Å². The van der Waals surface area contributed by atoms with Crippen molar-refractivity contribution in [2.24, 2.45) is 0 Å². The first-order valence-corrected chi connectivity index (χ1v) is 7.56. The third-order valence-corrected chi connectivity index (χ3v) is 3.98. The van der Waals surface area contributed by atoms with Crippen LogP contribution >= 0.6 is 0 Å². The molecule has 1 heterocycles. The van der Waals surface area contributed by atoms with Crippen LogP contribution in [0.2, 0.25) is 0 Å². The molecule has 24 heavy (non-hydrogen) atoms. The quantitative estimate of drug-likeness (QED) is 0.756. The highest BCUT2D eigenvalue weighted by Gasteiger charge is 2.13. The molecular weight excluding hydrogens is 306 g/mol. The number of methoxy groups -OCH3 is 2. The zero-order chi connectivity index (χ0) is 17.1. The van der Waals surface area contributed by atoms with Gasteiger partial charge in [0, 0.05) is 23.2 Å². The van der Waals surface area contributed by atoms with Crippen LogP contribution in [-0.4, -0.2) is 30.1 Å². The minimum absolute atomic E-state index is 0.151. The van der Waals surface area contributed by atoms with Crippen molar-refractivity contribution in [1.82, 2.24) is 15.3 Å². The van der Waals surface area contributed by atoms with E-state index >= 15 is 0 Å². The average Bonchev–Trinajstić information content (AvgIpc) is 3.07. The Balaban J connectivity index is 1.77. The first-order valence-electron chi connectivity index (χ1n) is 7.56. The Labute approximate surface area is 139 Å². The van der Waals surface area contributed by atoms with Crippen molar-refractivity contribution in [1.29, 1.82) is 0 Å². The fourth-order valence-electron chi connectivity index (χ4n) is 2.73. The molecule has 0 aliphatic heterocycles. The van der Waals surface area contributed by atoms with E-state index in [1.54, 1.807) is 32.7 Å². The van der Waals surface area contributed by atoms with Crippen LogP contribution in [0, 0.1) is 6.92 Å². The number of nitrogens with zero attached hydrogens (tertiary/aromatic N) is 1. The van der Waals surface area contributed by atoms with E-state index in [0.29, 0.717) is 12.1 Å². The van der Waals surface area contributed by atoms with E-state index < -0.39 is 0 Å². The van der Waals surface area contributed by atoms with Crippen molar-refractivity contribution in [2.45, 2.75) is 13.5 Å². The minimum Gasteiger partial charge on any atom is -0.496 e. The second kappa shape index (κ2) is 6.62. The van der Waals surface area contributed by atoms with Gasteiger partial charge in [0.25, 0.3) is 5.91 Å². The van der Waals surface area contributed by atoms with Gasteiger partial charge in [0.15, 0.2) is 0 Å². The second-order valence-corrected chi connectivity index (χ2v) is 5.40. The lowest BCUT2D eigenvalue weighted by molar-refractivity contribution is 0.0951. The highest BCUT2D eigenvalue weighted by molar-refractivity contribution is 5.97. The molecular formula is C18H19N3O3. The van der Waals surface area contributed by atoms with Gasteiger partial charge >= 0.3 is 0 Å². The normalized spacial score (nSPS) is 10.6. The molecule has 1 aromatic heterocycles. The number of carbonyl (C=O) groups excluding carboxylic acids is 1. The smallest absolute Gasteiger partial charge is 0.251 e. The molecule has 0 saturated heterocycles. The number of H-pyrrole nitrogens is 1. The maximum atomic E-state index is 12.4. The summed E-state index contributed by atoms with van der Waals surface area (Å²) in [7, 11) is 3.23. The van der Waals surface area contributed by atoms with E-state index in [-0.39, 0.29) is 5.91 Å². The van der Waals surface area contributed by atoms with Crippen molar-refractivity contribution >= 4 is 16.9 Å². The minimum atomic E-state index is -0.151. The van der Waals surface area contributed by atoms with E-state index in [0.717, 1.165) is 33.7 Å².